The Morgan fingerprint density at radius 2 is 2.08 bits per heavy atom. The fourth-order valence-corrected chi connectivity index (χ4v) is 3.50. The van der Waals surface area contributed by atoms with Gasteiger partial charge in [0, 0.05) is 31.0 Å². The van der Waals surface area contributed by atoms with Crippen LogP contribution >= 0.6 is 0 Å². The second-order valence-electron chi connectivity index (χ2n) is 6.76. The lowest BCUT2D eigenvalue weighted by atomic mass is 10.2. The summed E-state index contributed by atoms with van der Waals surface area (Å²) in [5.41, 5.74) is 2.82. The molecule has 0 radical (unpaired) electrons. The molecule has 1 aliphatic heterocycles. The van der Waals surface area contributed by atoms with Crippen LogP contribution in [0.5, 0.6) is 0 Å². The van der Waals surface area contributed by atoms with E-state index in [2.05, 4.69) is 20.3 Å². The summed E-state index contributed by atoms with van der Waals surface area (Å²) in [4.78, 5) is 18.0. The van der Waals surface area contributed by atoms with Gasteiger partial charge in [-0.3, -0.25) is 9.48 Å². The number of halogens is 1. The molecule has 0 bridgehead atoms. The van der Waals surface area contributed by atoms with Crippen molar-refractivity contribution in [1.29, 1.82) is 0 Å². The maximum Gasteiger partial charge on any atom is 0.271 e. The highest BCUT2D eigenvalue weighted by molar-refractivity contribution is 5.94. The summed E-state index contributed by atoms with van der Waals surface area (Å²) in [7, 11) is 1.79. The Bertz CT molecular complexity index is 939. The normalized spacial score (nSPS) is 15.0. The van der Waals surface area contributed by atoms with Crippen molar-refractivity contribution in [3.8, 4) is 11.4 Å². The Labute approximate surface area is 151 Å². The number of benzene rings is 1. The number of H-pyrrole nitrogens is 1. The molecule has 0 aliphatic carbocycles. The van der Waals surface area contributed by atoms with Gasteiger partial charge in [-0.25, -0.2) is 4.39 Å². The first kappa shape index (κ1) is 16.8. The fourth-order valence-electron chi connectivity index (χ4n) is 3.50. The third kappa shape index (κ3) is 3.35. The average Bonchev–Trinajstić information content (AvgIpc) is 3.33. The number of nitrogens with one attached hydrogen (secondary N) is 2. The zero-order valence-electron chi connectivity index (χ0n) is 14.8. The number of rotatable bonds is 5. The predicted octanol–water partition coefficient (Wildman–Crippen LogP) is 2.53. The van der Waals surface area contributed by atoms with Crippen molar-refractivity contribution in [2.45, 2.75) is 12.8 Å². The van der Waals surface area contributed by atoms with E-state index in [1.807, 2.05) is 6.07 Å². The lowest BCUT2D eigenvalue weighted by molar-refractivity contribution is 0.0944. The molecular formula is C19H22FN5O. The molecule has 1 aliphatic rings. The summed E-state index contributed by atoms with van der Waals surface area (Å²) >= 11 is 0. The Morgan fingerprint density at radius 3 is 2.88 bits per heavy atom. The number of hydrogen-bond donors (Lipinski definition) is 2. The van der Waals surface area contributed by atoms with Gasteiger partial charge < -0.3 is 15.2 Å². The summed E-state index contributed by atoms with van der Waals surface area (Å²) in [5.74, 6) is -0.445. The highest BCUT2D eigenvalue weighted by Crippen LogP contribution is 2.25. The van der Waals surface area contributed by atoms with E-state index in [1.54, 1.807) is 23.9 Å². The minimum atomic E-state index is -0.272. The van der Waals surface area contributed by atoms with Crippen LogP contribution < -0.4 is 5.32 Å². The van der Waals surface area contributed by atoms with Gasteiger partial charge in [-0.05, 0) is 56.3 Å². The Morgan fingerprint density at radius 1 is 1.27 bits per heavy atom. The van der Waals surface area contributed by atoms with Crippen molar-refractivity contribution >= 4 is 16.8 Å². The highest BCUT2D eigenvalue weighted by Gasteiger charge is 2.16. The van der Waals surface area contributed by atoms with Gasteiger partial charge in [-0.15, -0.1) is 0 Å². The third-order valence-electron chi connectivity index (χ3n) is 4.88. The number of aromatic amines is 1. The van der Waals surface area contributed by atoms with Gasteiger partial charge in [0.1, 0.15) is 5.82 Å². The van der Waals surface area contributed by atoms with Gasteiger partial charge in [0.25, 0.3) is 5.91 Å². The Hall–Kier alpha value is -2.67. The summed E-state index contributed by atoms with van der Waals surface area (Å²) in [6.07, 6.45) is 2.48. The predicted molar refractivity (Wildman–Crippen MR) is 98.5 cm³/mol. The van der Waals surface area contributed by atoms with E-state index in [0.717, 1.165) is 41.9 Å². The van der Waals surface area contributed by atoms with E-state index >= 15 is 0 Å². The molecule has 0 spiro atoms. The minimum absolute atomic E-state index is 0.173. The van der Waals surface area contributed by atoms with Crippen LogP contribution in [0.1, 0.15) is 23.3 Å². The molecule has 1 amide bonds. The van der Waals surface area contributed by atoms with Crippen molar-refractivity contribution in [2.75, 3.05) is 26.2 Å². The molecule has 3 aromatic rings. The summed E-state index contributed by atoms with van der Waals surface area (Å²) < 4.78 is 15.0. The second kappa shape index (κ2) is 6.92. The zero-order chi connectivity index (χ0) is 18.1. The summed E-state index contributed by atoms with van der Waals surface area (Å²) in [6.45, 7) is 3.73. The smallest absolute Gasteiger partial charge is 0.271 e. The van der Waals surface area contributed by atoms with E-state index in [9.17, 15) is 9.18 Å². The standard InChI is InChI=1S/C19H22FN5O/c1-24-18(16-11-13-10-14(20)4-5-15(13)22-16)12-17(23-24)19(26)21-6-9-25-7-2-3-8-25/h4-5,10-12,22H,2-3,6-9H2,1H3,(H,21,26). The molecule has 1 fully saturated rings. The van der Waals surface area contributed by atoms with Gasteiger partial charge in [-0.1, -0.05) is 0 Å². The molecule has 26 heavy (non-hydrogen) atoms. The molecule has 6 nitrogen and oxygen atoms in total. The van der Waals surface area contributed by atoms with Crippen LogP contribution in [-0.2, 0) is 7.05 Å². The van der Waals surface area contributed by atoms with Crippen molar-refractivity contribution in [3.05, 3.63) is 41.8 Å². The lowest BCUT2D eigenvalue weighted by Gasteiger charge is -2.14. The van der Waals surface area contributed by atoms with E-state index in [-0.39, 0.29) is 11.7 Å². The molecule has 7 heteroatoms. The number of hydrogen-bond acceptors (Lipinski definition) is 3. The summed E-state index contributed by atoms with van der Waals surface area (Å²) in [5, 5.41) is 8.05. The van der Waals surface area contributed by atoms with Crippen LogP contribution in [0, 0.1) is 5.82 Å². The number of carbonyl (C=O) groups is 1. The number of aromatic nitrogens is 3. The molecule has 1 saturated heterocycles. The summed E-state index contributed by atoms with van der Waals surface area (Å²) in [6, 6.07) is 8.23. The van der Waals surface area contributed by atoms with Crippen LogP contribution in [0.25, 0.3) is 22.3 Å². The topological polar surface area (TPSA) is 66.0 Å². The molecule has 2 N–H and O–H groups in total. The number of likely N-dealkylation sites (tertiary alicyclic amines) is 1. The van der Waals surface area contributed by atoms with Gasteiger partial charge in [0.05, 0.1) is 11.4 Å². The monoisotopic (exact) mass is 355 g/mol. The van der Waals surface area contributed by atoms with Crippen molar-refractivity contribution in [3.63, 3.8) is 0 Å². The van der Waals surface area contributed by atoms with Gasteiger partial charge >= 0.3 is 0 Å². The Kier molecular flexibility index (Phi) is 4.46. The number of carbonyl (C=O) groups excluding carboxylic acids is 1. The molecule has 4 rings (SSSR count). The van der Waals surface area contributed by atoms with Crippen molar-refractivity contribution in [1.82, 2.24) is 25.0 Å². The maximum atomic E-state index is 13.4. The van der Waals surface area contributed by atoms with Gasteiger partial charge in [0.15, 0.2) is 5.69 Å². The number of aryl methyl sites for hydroxylation is 1. The Balaban J connectivity index is 1.47. The minimum Gasteiger partial charge on any atom is -0.353 e. The SMILES string of the molecule is Cn1nc(C(=O)NCCN2CCCC2)cc1-c1cc2cc(F)ccc2[nH]1. The van der Waals surface area contributed by atoms with Crippen molar-refractivity contribution < 1.29 is 9.18 Å². The number of nitrogens with zero attached hydrogens (tertiary/aromatic N) is 3. The lowest BCUT2D eigenvalue weighted by Crippen LogP contribution is -2.33. The molecule has 0 unspecified atom stereocenters. The molecule has 0 atom stereocenters. The first-order valence-corrected chi connectivity index (χ1v) is 8.93. The highest BCUT2D eigenvalue weighted by atomic mass is 19.1. The third-order valence-corrected chi connectivity index (χ3v) is 4.88. The molecule has 1 aromatic carbocycles. The van der Waals surface area contributed by atoms with E-state index in [1.165, 1.54) is 25.0 Å². The maximum absolute atomic E-state index is 13.4. The zero-order valence-corrected chi connectivity index (χ0v) is 14.8. The average molecular weight is 355 g/mol. The van der Waals surface area contributed by atoms with E-state index in [0.29, 0.717) is 12.2 Å². The van der Waals surface area contributed by atoms with Crippen LogP contribution in [-0.4, -0.2) is 51.8 Å². The molecular weight excluding hydrogens is 333 g/mol. The first-order valence-electron chi connectivity index (χ1n) is 8.93. The largest absolute Gasteiger partial charge is 0.353 e. The van der Waals surface area contributed by atoms with Crippen LogP contribution in [0.3, 0.4) is 0 Å². The first-order chi connectivity index (χ1) is 12.6. The second-order valence-corrected chi connectivity index (χ2v) is 6.76. The molecule has 0 saturated carbocycles. The van der Waals surface area contributed by atoms with Crippen LogP contribution in [0.2, 0.25) is 0 Å². The van der Waals surface area contributed by atoms with Crippen LogP contribution in [0.4, 0.5) is 4.39 Å². The van der Waals surface area contributed by atoms with E-state index < -0.39 is 0 Å². The van der Waals surface area contributed by atoms with E-state index in [4.69, 9.17) is 0 Å². The molecule has 2 aromatic heterocycles. The van der Waals surface area contributed by atoms with Gasteiger partial charge in [-0.2, -0.15) is 5.10 Å². The number of fused-ring (bicyclic) bond motifs is 1. The molecule has 3 heterocycles. The fraction of sp³-hybridized carbons (Fsp3) is 0.368. The number of amides is 1. The van der Waals surface area contributed by atoms with Gasteiger partial charge in [0.2, 0.25) is 0 Å². The van der Waals surface area contributed by atoms with Crippen LogP contribution in [0.15, 0.2) is 30.3 Å². The molecule has 136 valence electrons. The quantitative estimate of drug-likeness (QED) is 0.739. The van der Waals surface area contributed by atoms with Crippen molar-refractivity contribution in [2.24, 2.45) is 7.05 Å².